The average molecular weight is 283 g/mol. The van der Waals surface area contributed by atoms with Crippen LogP contribution < -0.4 is 4.90 Å². The molecular weight excluding hydrogens is 260 g/mol. The number of rotatable bonds is 4. The standard InChI is InChI=1S/C15H23ClN2O/c1-4-19-13-6-5-7-18(10-13)15-14(9-16)11(2)8-12(3)17-15/h8,13H,4-7,9-10H2,1-3H3. The molecule has 4 heteroatoms. The Bertz CT molecular complexity index is 434. The van der Waals surface area contributed by atoms with E-state index in [0.29, 0.717) is 12.0 Å². The van der Waals surface area contributed by atoms with Gasteiger partial charge in [0, 0.05) is 31.0 Å². The molecule has 1 saturated heterocycles. The molecule has 1 aliphatic heterocycles. The third-order valence-corrected chi connectivity index (χ3v) is 3.93. The van der Waals surface area contributed by atoms with Gasteiger partial charge in [-0.2, -0.15) is 0 Å². The fraction of sp³-hybridized carbons (Fsp3) is 0.667. The van der Waals surface area contributed by atoms with Gasteiger partial charge in [-0.15, -0.1) is 11.6 Å². The third-order valence-electron chi connectivity index (χ3n) is 3.67. The molecule has 1 aromatic heterocycles. The van der Waals surface area contributed by atoms with E-state index in [-0.39, 0.29) is 0 Å². The Morgan fingerprint density at radius 1 is 1.47 bits per heavy atom. The molecule has 0 saturated carbocycles. The summed E-state index contributed by atoms with van der Waals surface area (Å²) in [6.07, 6.45) is 2.62. The van der Waals surface area contributed by atoms with Gasteiger partial charge in [-0.3, -0.25) is 0 Å². The van der Waals surface area contributed by atoms with Gasteiger partial charge in [0.2, 0.25) is 0 Å². The van der Waals surface area contributed by atoms with Crippen LogP contribution in [0.5, 0.6) is 0 Å². The minimum absolute atomic E-state index is 0.324. The Hall–Kier alpha value is -0.800. The van der Waals surface area contributed by atoms with Gasteiger partial charge in [-0.1, -0.05) is 0 Å². The van der Waals surface area contributed by atoms with Crippen molar-refractivity contribution in [3.8, 4) is 0 Å². The topological polar surface area (TPSA) is 25.4 Å². The molecule has 0 aliphatic carbocycles. The van der Waals surface area contributed by atoms with Crippen molar-refractivity contribution in [2.24, 2.45) is 0 Å². The number of anilines is 1. The van der Waals surface area contributed by atoms with Gasteiger partial charge in [0.25, 0.3) is 0 Å². The second kappa shape index (κ2) is 6.58. The van der Waals surface area contributed by atoms with Gasteiger partial charge in [0.1, 0.15) is 5.82 Å². The predicted octanol–water partition coefficient (Wildman–Crippen LogP) is 3.44. The first-order chi connectivity index (χ1) is 9.15. The molecule has 0 aromatic carbocycles. The number of aryl methyl sites for hydroxylation is 2. The molecule has 1 fully saturated rings. The van der Waals surface area contributed by atoms with Crippen LogP contribution >= 0.6 is 11.6 Å². The Balaban J connectivity index is 2.25. The van der Waals surface area contributed by atoms with Crippen molar-refractivity contribution in [1.29, 1.82) is 0 Å². The number of nitrogens with zero attached hydrogens (tertiary/aromatic N) is 2. The third kappa shape index (κ3) is 3.40. The van der Waals surface area contributed by atoms with E-state index in [0.717, 1.165) is 49.6 Å². The first-order valence-electron chi connectivity index (χ1n) is 7.05. The minimum atomic E-state index is 0.324. The molecule has 1 atom stereocenters. The molecule has 1 aliphatic rings. The molecule has 2 rings (SSSR count). The van der Waals surface area contributed by atoms with Crippen molar-refractivity contribution in [1.82, 2.24) is 4.98 Å². The van der Waals surface area contributed by atoms with Crippen LogP contribution in [0.2, 0.25) is 0 Å². The van der Waals surface area contributed by atoms with Gasteiger partial charge < -0.3 is 9.64 Å². The minimum Gasteiger partial charge on any atom is -0.377 e. The number of piperidine rings is 1. The van der Waals surface area contributed by atoms with E-state index >= 15 is 0 Å². The first kappa shape index (κ1) is 14.6. The Morgan fingerprint density at radius 3 is 2.95 bits per heavy atom. The highest BCUT2D eigenvalue weighted by Gasteiger charge is 2.23. The monoisotopic (exact) mass is 282 g/mol. The molecule has 0 amide bonds. The van der Waals surface area contributed by atoms with E-state index in [2.05, 4.69) is 24.8 Å². The largest absolute Gasteiger partial charge is 0.377 e. The molecule has 19 heavy (non-hydrogen) atoms. The SMILES string of the molecule is CCOC1CCCN(c2nc(C)cc(C)c2CCl)C1. The lowest BCUT2D eigenvalue weighted by Gasteiger charge is -2.34. The van der Waals surface area contributed by atoms with E-state index in [4.69, 9.17) is 21.3 Å². The highest BCUT2D eigenvalue weighted by Crippen LogP contribution is 2.27. The average Bonchev–Trinajstić information content (AvgIpc) is 2.38. The first-order valence-corrected chi connectivity index (χ1v) is 7.58. The molecular formula is C15H23ClN2O. The van der Waals surface area contributed by atoms with E-state index in [1.54, 1.807) is 0 Å². The van der Waals surface area contributed by atoms with Crippen molar-refractivity contribution in [3.63, 3.8) is 0 Å². The molecule has 1 aromatic rings. The predicted molar refractivity (Wildman–Crippen MR) is 80.1 cm³/mol. The lowest BCUT2D eigenvalue weighted by atomic mass is 10.1. The van der Waals surface area contributed by atoms with Crippen LogP contribution in [0, 0.1) is 13.8 Å². The van der Waals surface area contributed by atoms with Gasteiger partial charge in [0.05, 0.1) is 12.0 Å². The number of halogens is 1. The number of pyridine rings is 1. The lowest BCUT2D eigenvalue weighted by molar-refractivity contribution is 0.0525. The zero-order valence-electron chi connectivity index (χ0n) is 12.1. The number of alkyl halides is 1. The summed E-state index contributed by atoms with van der Waals surface area (Å²) >= 11 is 6.11. The second-order valence-corrected chi connectivity index (χ2v) is 5.45. The molecule has 2 heterocycles. The number of hydrogen-bond acceptors (Lipinski definition) is 3. The Morgan fingerprint density at radius 2 is 2.26 bits per heavy atom. The zero-order valence-corrected chi connectivity index (χ0v) is 12.8. The highest BCUT2D eigenvalue weighted by molar-refractivity contribution is 6.17. The van der Waals surface area contributed by atoms with Crippen LogP contribution in [0.3, 0.4) is 0 Å². The van der Waals surface area contributed by atoms with Gasteiger partial charge >= 0.3 is 0 Å². The quantitative estimate of drug-likeness (QED) is 0.791. The molecule has 0 spiro atoms. The smallest absolute Gasteiger partial charge is 0.133 e. The van der Waals surface area contributed by atoms with Crippen LogP contribution in [-0.4, -0.2) is 30.8 Å². The van der Waals surface area contributed by atoms with Crippen molar-refractivity contribution < 1.29 is 4.74 Å². The number of hydrogen-bond donors (Lipinski definition) is 0. The molecule has 0 radical (unpaired) electrons. The lowest BCUT2D eigenvalue weighted by Crippen LogP contribution is -2.40. The van der Waals surface area contributed by atoms with E-state index in [1.165, 1.54) is 5.56 Å². The summed E-state index contributed by atoms with van der Waals surface area (Å²) in [5.74, 6) is 1.57. The number of aromatic nitrogens is 1. The Kier molecular flexibility index (Phi) is 5.06. The van der Waals surface area contributed by atoms with Crippen LogP contribution in [0.25, 0.3) is 0 Å². The van der Waals surface area contributed by atoms with Crippen LogP contribution in [0.15, 0.2) is 6.07 Å². The molecule has 0 bridgehead atoms. The molecule has 1 unspecified atom stereocenters. The maximum Gasteiger partial charge on any atom is 0.133 e. The van der Waals surface area contributed by atoms with Crippen molar-refractivity contribution in [2.75, 3.05) is 24.6 Å². The second-order valence-electron chi connectivity index (χ2n) is 5.18. The van der Waals surface area contributed by atoms with E-state index in [1.807, 2.05) is 6.92 Å². The van der Waals surface area contributed by atoms with E-state index < -0.39 is 0 Å². The van der Waals surface area contributed by atoms with Gasteiger partial charge in [-0.25, -0.2) is 4.98 Å². The summed E-state index contributed by atoms with van der Waals surface area (Å²) in [5.41, 5.74) is 3.44. The van der Waals surface area contributed by atoms with Crippen LogP contribution in [-0.2, 0) is 10.6 Å². The maximum absolute atomic E-state index is 6.11. The van der Waals surface area contributed by atoms with E-state index in [9.17, 15) is 0 Å². The van der Waals surface area contributed by atoms with Crippen molar-refractivity contribution in [2.45, 2.75) is 45.6 Å². The summed E-state index contributed by atoms with van der Waals surface area (Å²) < 4.78 is 5.77. The van der Waals surface area contributed by atoms with Crippen molar-refractivity contribution in [3.05, 3.63) is 22.9 Å². The molecule has 106 valence electrons. The summed E-state index contributed by atoms with van der Waals surface area (Å²) in [4.78, 5) is 7.04. The van der Waals surface area contributed by atoms with Crippen LogP contribution in [0.4, 0.5) is 5.82 Å². The van der Waals surface area contributed by atoms with Crippen molar-refractivity contribution >= 4 is 17.4 Å². The van der Waals surface area contributed by atoms with Gasteiger partial charge in [-0.05, 0) is 45.2 Å². The highest BCUT2D eigenvalue weighted by atomic mass is 35.5. The summed E-state index contributed by atoms with van der Waals surface area (Å²) in [5, 5.41) is 0. The van der Waals surface area contributed by atoms with Gasteiger partial charge in [0.15, 0.2) is 0 Å². The fourth-order valence-corrected chi connectivity index (χ4v) is 3.10. The Labute approximate surface area is 120 Å². The normalized spacial score (nSPS) is 19.8. The fourth-order valence-electron chi connectivity index (χ4n) is 2.77. The number of ether oxygens (including phenoxy) is 1. The molecule has 3 nitrogen and oxygen atoms in total. The zero-order chi connectivity index (χ0) is 13.8. The summed E-state index contributed by atoms with van der Waals surface area (Å²) in [6, 6.07) is 2.10. The van der Waals surface area contributed by atoms with Crippen LogP contribution in [0.1, 0.15) is 36.6 Å². The summed E-state index contributed by atoms with van der Waals surface area (Å²) in [6.45, 7) is 8.95. The maximum atomic E-state index is 6.11. The molecule has 0 N–H and O–H groups in total. The summed E-state index contributed by atoms with van der Waals surface area (Å²) in [7, 11) is 0.